The quantitative estimate of drug-likeness (QED) is 0.665. The molecule has 3 N–H and O–H groups in total. The van der Waals surface area contributed by atoms with Crippen molar-refractivity contribution in [1.82, 2.24) is 0 Å². The molecule has 1 saturated carbocycles. The van der Waals surface area contributed by atoms with E-state index in [0.717, 1.165) is 25.7 Å². The van der Waals surface area contributed by atoms with Gasteiger partial charge in [-0.1, -0.05) is 19.3 Å². The van der Waals surface area contributed by atoms with Gasteiger partial charge in [-0.25, -0.2) is 0 Å². The first-order valence-corrected chi connectivity index (χ1v) is 5.43. The lowest BCUT2D eigenvalue weighted by atomic mass is 9.83. The van der Waals surface area contributed by atoms with Crippen molar-refractivity contribution < 1.29 is 15.3 Å². The molecule has 82 valence electrons. The minimum absolute atomic E-state index is 0.0133. The maximum atomic E-state index is 9.70. The molecule has 0 aromatic heterocycles. The third kappa shape index (κ3) is 2.01. The Morgan fingerprint density at radius 2 is 1.40 bits per heavy atom. The highest BCUT2D eigenvalue weighted by Crippen LogP contribution is 2.43. The summed E-state index contributed by atoms with van der Waals surface area (Å²) in [5.41, 5.74) is 0.604. The molecule has 0 radical (unpaired) electrons. The Labute approximate surface area is 89.0 Å². The summed E-state index contributed by atoms with van der Waals surface area (Å²) in [6.45, 7) is 0. The average Bonchev–Trinajstić information content (AvgIpc) is 2.17. The predicted molar refractivity (Wildman–Crippen MR) is 57.3 cm³/mol. The molecule has 0 saturated heterocycles. The van der Waals surface area contributed by atoms with Gasteiger partial charge in [0, 0.05) is 17.7 Å². The van der Waals surface area contributed by atoms with Crippen LogP contribution in [0.25, 0.3) is 0 Å². The number of rotatable bonds is 1. The van der Waals surface area contributed by atoms with Crippen LogP contribution in [-0.2, 0) is 0 Å². The SMILES string of the molecule is Oc1cc(O)c(C2CCCCC2)c(O)c1. The number of benzene rings is 1. The van der Waals surface area contributed by atoms with Gasteiger partial charge in [0.15, 0.2) is 0 Å². The van der Waals surface area contributed by atoms with Crippen molar-refractivity contribution in [3.63, 3.8) is 0 Å². The molecule has 1 fully saturated rings. The van der Waals surface area contributed by atoms with Crippen LogP contribution in [0.4, 0.5) is 0 Å². The summed E-state index contributed by atoms with van der Waals surface area (Å²) in [6.07, 6.45) is 5.53. The van der Waals surface area contributed by atoms with Crippen LogP contribution >= 0.6 is 0 Å². The molecule has 3 nitrogen and oxygen atoms in total. The van der Waals surface area contributed by atoms with Crippen molar-refractivity contribution in [1.29, 1.82) is 0 Å². The third-order valence-electron chi connectivity index (χ3n) is 3.13. The Morgan fingerprint density at radius 1 is 0.867 bits per heavy atom. The molecule has 1 aromatic rings. The molecule has 2 rings (SSSR count). The Balaban J connectivity index is 2.33. The van der Waals surface area contributed by atoms with Gasteiger partial charge in [-0.15, -0.1) is 0 Å². The number of phenols is 3. The summed E-state index contributed by atoms with van der Waals surface area (Å²) in [5, 5.41) is 28.6. The highest BCUT2D eigenvalue weighted by molar-refractivity contribution is 5.50. The average molecular weight is 208 g/mol. The van der Waals surface area contributed by atoms with Crippen LogP contribution in [0.1, 0.15) is 43.6 Å². The van der Waals surface area contributed by atoms with Gasteiger partial charge in [-0.05, 0) is 18.8 Å². The van der Waals surface area contributed by atoms with Gasteiger partial charge >= 0.3 is 0 Å². The van der Waals surface area contributed by atoms with Gasteiger partial charge in [0.05, 0.1) is 0 Å². The van der Waals surface area contributed by atoms with Crippen molar-refractivity contribution in [2.24, 2.45) is 0 Å². The largest absolute Gasteiger partial charge is 0.508 e. The zero-order valence-electron chi connectivity index (χ0n) is 8.61. The molecule has 1 aliphatic carbocycles. The summed E-state index contributed by atoms with van der Waals surface area (Å²) < 4.78 is 0. The highest BCUT2D eigenvalue weighted by Gasteiger charge is 2.22. The number of hydrogen-bond donors (Lipinski definition) is 3. The molecule has 0 unspecified atom stereocenters. The van der Waals surface area contributed by atoms with E-state index in [1.54, 1.807) is 0 Å². The number of hydrogen-bond acceptors (Lipinski definition) is 3. The lowest BCUT2D eigenvalue weighted by molar-refractivity contribution is 0.382. The topological polar surface area (TPSA) is 60.7 Å². The summed E-state index contributed by atoms with van der Waals surface area (Å²) in [4.78, 5) is 0. The minimum atomic E-state index is -0.0930. The first kappa shape index (κ1) is 10.1. The highest BCUT2D eigenvalue weighted by atomic mass is 16.3. The first-order valence-electron chi connectivity index (χ1n) is 5.43. The van der Waals surface area contributed by atoms with Crippen molar-refractivity contribution >= 4 is 0 Å². The Hall–Kier alpha value is -1.38. The van der Waals surface area contributed by atoms with Gasteiger partial charge in [-0.3, -0.25) is 0 Å². The summed E-state index contributed by atoms with van der Waals surface area (Å²) in [7, 11) is 0. The van der Waals surface area contributed by atoms with E-state index in [2.05, 4.69) is 0 Å². The second-order valence-electron chi connectivity index (χ2n) is 4.23. The molecule has 0 spiro atoms. The zero-order valence-corrected chi connectivity index (χ0v) is 8.61. The standard InChI is InChI=1S/C12H16O3/c13-9-6-10(14)12(11(15)7-9)8-4-2-1-3-5-8/h6-8,13-15H,1-5H2. The van der Waals surface area contributed by atoms with E-state index in [0.29, 0.717) is 5.56 Å². The fraction of sp³-hybridized carbons (Fsp3) is 0.500. The van der Waals surface area contributed by atoms with Crippen LogP contribution in [0.2, 0.25) is 0 Å². The predicted octanol–water partition coefficient (Wildman–Crippen LogP) is 2.85. The number of aromatic hydroxyl groups is 3. The molecule has 0 aliphatic heterocycles. The van der Waals surface area contributed by atoms with Gasteiger partial charge < -0.3 is 15.3 Å². The summed E-state index contributed by atoms with van der Waals surface area (Å²) >= 11 is 0. The van der Waals surface area contributed by atoms with Crippen LogP contribution in [0, 0.1) is 0 Å². The molecular weight excluding hydrogens is 192 g/mol. The molecule has 1 aromatic carbocycles. The fourth-order valence-corrected chi connectivity index (χ4v) is 2.42. The van der Waals surface area contributed by atoms with E-state index in [1.807, 2.05) is 0 Å². The molecule has 0 atom stereocenters. The molecular formula is C12H16O3. The molecule has 0 bridgehead atoms. The molecule has 0 heterocycles. The Morgan fingerprint density at radius 3 is 1.93 bits per heavy atom. The molecule has 1 aliphatic rings. The van der Waals surface area contributed by atoms with Crippen molar-refractivity contribution in [3.05, 3.63) is 17.7 Å². The van der Waals surface area contributed by atoms with Crippen molar-refractivity contribution in [3.8, 4) is 17.2 Å². The van der Waals surface area contributed by atoms with E-state index >= 15 is 0 Å². The zero-order chi connectivity index (χ0) is 10.8. The smallest absolute Gasteiger partial charge is 0.126 e. The van der Waals surface area contributed by atoms with E-state index in [1.165, 1.54) is 18.6 Å². The van der Waals surface area contributed by atoms with Gasteiger partial charge in [0.2, 0.25) is 0 Å². The second kappa shape index (κ2) is 4.01. The van der Waals surface area contributed by atoms with Crippen LogP contribution in [0.3, 0.4) is 0 Å². The van der Waals surface area contributed by atoms with Crippen LogP contribution in [0.5, 0.6) is 17.2 Å². The van der Waals surface area contributed by atoms with E-state index in [9.17, 15) is 15.3 Å². The molecule has 3 heteroatoms. The van der Waals surface area contributed by atoms with E-state index < -0.39 is 0 Å². The lowest BCUT2D eigenvalue weighted by Crippen LogP contribution is -2.04. The van der Waals surface area contributed by atoms with Crippen LogP contribution in [0.15, 0.2) is 12.1 Å². The van der Waals surface area contributed by atoms with Crippen LogP contribution in [-0.4, -0.2) is 15.3 Å². The van der Waals surface area contributed by atoms with Gasteiger partial charge in [0.25, 0.3) is 0 Å². The second-order valence-corrected chi connectivity index (χ2v) is 4.23. The maximum Gasteiger partial charge on any atom is 0.126 e. The maximum absolute atomic E-state index is 9.70. The lowest BCUT2D eigenvalue weighted by Gasteiger charge is -2.23. The number of phenolic OH excluding ortho intramolecular Hbond substituents is 3. The normalized spacial score (nSPS) is 17.9. The monoisotopic (exact) mass is 208 g/mol. The Bertz CT molecular complexity index is 331. The minimum Gasteiger partial charge on any atom is -0.508 e. The van der Waals surface area contributed by atoms with Crippen molar-refractivity contribution in [2.75, 3.05) is 0 Å². The van der Waals surface area contributed by atoms with Gasteiger partial charge in [0.1, 0.15) is 17.2 Å². The molecule has 15 heavy (non-hydrogen) atoms. The van der Waals surface area contributed by atoms with Crippen LogP contribution < -0.4 is 0 Å². The summed E-state index contributed by atoms with van der Waals surface area (Å²) in [6, 6.07) is 2.59. The van der Waals surface area contributed by atoms with Crippen molar-refractivity contribution in [2.45, 2.75) is 38.0 Å². The van der Waals surface area contributed by atoms with E-state index in [4.69, 9.17) is 0 Å². The Kier molecular flexibility index (Phi) is 2.71. The first-order chi connectivity index (χ1) is 7.18. The summed E-state index contributed by atoms with van der Waals surface area (Å²) in [5.74, 6) is 0.169. The van der Waals surface area contributed by atoms with E-state index in [-0.39, 0.29) is 23.2 Å². The molecule has 0 amide bonds. The van der Waals surface area contributed by atoms with Gasteiger partial charge in [-0.2, -0.15) is 0 Å². The fourth-order valence-electron chi connectivity index (χ4n) is 2.42. The third-order valence-corrected chi connectivity index (χ3v) is 3.13.